The van der Waals surface area contributed by atoms with Crippen molar-refractivity contribution in [1.29, 1.82) is 0 Å². The first kappa shape index (κ1) is 23.5. The molecule has 1 saturated heterocycles. The second kappa shape index (κ2) is 9.76. The molecule has 5 rings (SSSR count). The highest BCUT2D eigenvalue weighted by Crippen LogP contribution is 2.33. The molecule has 2 aromatic carbocycles. The Bertz CT molecular complexity index is 1280. The maximum absolute atomic E-state index is 13.4. The lowest BCUT2D eigenvalue weighted by molar-refractivity contribution is -0.131. The molecule has 0 spiro atoms. The highest BCUT2D eigenvalue weighted by atomic mass is 19.1. The molecule has 1 saturated carbocycles. The third kappa shape index (κ3) is 4.93. The van der Waals surface area contributed by atoms with Gasteiger partial charge in [-0.2, -0.15) is 0 Å². The van der Waals surface area contributed by atoms with Crippen molar-refractivity contribution < 1.29 is 9.18 Å². The van der Waals surface area contributed by atoms with Crippen LogP contribution in [0.2, 0.25) is 0 Å². The lowest BCUT2D eigenvalue weighted by Crippen LogP contribution is -2.31. The number of rotatable bonds is 7. The van der Waals surface area contributed by atoms with Crippen LogP contribution in [0.25, 0.3) is 22.5 Å². The fraction of sp³-hybridized carbons (Fsp3) is 0.414. The van der Waals surface area contributed by atoms with Crippen LogP contribution in [-0.4, -0.2) is 33.4 Å². The first-order chi connectivity index (χ1) is 16.9. The first-order valence-corrected chi connectivity index (χ1v) is 12.7. The molecule has 1 aliphatic heterocycles. The Labute approximate surface area is 205 Å². The summed E-state index contributed by atoms with van der Waals surface area (Å²) in [5.74, 6) is 1.41. The van der Waals surface area contributed by atoms with Crippen LogP contribution < -0.4 is 5.56 Å². The summed E-state index contributed by atoms with van der Waals surface area (Å²) in [6.07, 6.45) is 4.56. The Morgan fingerprint density at radius 3 is 2.26 bits per heavy atom. The summed E-state index contributed by atoms with van der Waals surface area (Å²) < 4.78 is 15.1. The largest absolute Gasteiger partial charge is 0.342 e. The summed E-state index contributed by atoms with van der Waals surface area (Å²) in [6, 6.07) is 14.4. The van der Waals surface area contributed by atoms with Gasteiger partial charge in [-0.25, -0.2) is 9.37 Å². The predicted molar refractivity (Wildman–Crippen MR) is 135 cm³/mol. The van der Waals surface area contributed by atoms with Crippen molar-refractivity contribution in [3.05, 3.63) is 76.0 Å². The van der Waals surface area contributed by atoms with E-state index in [0.29, 0.717) is 30.6 Å². The van der Waals surface area contributed by atoms with Crippen molar-refractivity contribution in [2.24, 2.45) is 11.8 Å². The van der Waals surface area contributed by atoms with Gasteiger partial charge in [-0.1, -0.05) is 43.3 Å². The molecule has 35 heavy (non-hydrogen) atoms. The van der Waals surface area contributed by atoms with Crippen molar-refractivity contribution in [3.63, 3.8) is 0 Å². The van der Waals surface area contributed by atoms with Gasteiger partial charge < -0.3 is 4.90 Å². The number of hydrogen-bond donors (Lipinski definition) is 0. The van der Waals surface area contributed by atoms with Crippen LogP contribution in [0.5, 0.6) is 0 Å². The smallest absolute Gasteiger partial charge is 0.257 e. The molecule has 1 aliphatic carbocycles. The van der Waals surface area contributed by atoms with Crippen LogP contribution in [0, 0.1) is 24.6 Å². The second-order valence-electron chi connectivity index (χ2n) is 9.90. The SMILES string of the molecule is CCc1c(C)nc(-c2ccc(-c3ccc(F)cc3)cc2)n(CC[C@@H]2CCN(C(=O)C3CC3)C2)c1=O. The molecule has 3 aromatic rings. The Kier molecular flexibility index (Phi) is 6.54. The van der Waals surface area contributed by atoms with Crippen molar-refractivity contribution >= 4 is 5.91 Å². The Morgan fingerprint density at radius 2 is 1.63 bits per heavy atom. The van der Waals surface area contributed by atoms with Gasteiger partial charge in [0.1, 0.15) is 11.6 Å². The fourth-order valence-electron chi connectivity index (χ4n) is 5.16. The van der Waals surface area contributed by atoms with Crippen molar-refractivity contribution in [3.8, 4) is 22.5 Å². The third-order valence-corrected chi connectivity index (χ3v) is 7.43. The van der Waals surface area contributed by atoms with Crippen LogP contribution in [0.4, 0.5) is 4.39 Å². The van der Waals surface area contributed by atoms with E-state index in [-0.39, 0.29) is 17.3 Å². The molecule has 6 heteroatoms. The van der Waals surface area contributed by atoms with Gasteiger partial charge in [-0.15, -0.1) is 0 Å². The highest BCUT2D eigenvalue weighted by Gasteiger charge is 2.36. The normalized spacial score (nSPS) is 17.7. The molecule has 182 valence electrons. The standard InChI is InChI=1S/C29H32FN3O2/c1-3-26-19(2)31-27(23-6-4-21(5-7-23)22-10-12-25(30)13-11-22)33(29(26)35)17-15-20-14-16-32(18-20)28(34)24-8-9-24/h4-7,10-13,20,24H,3,8-9,14-18H2,1-2H3/t20-/m0/s1. The van der Waals surface area contributed by atoms with Crippen LogP contribution in [0.3, 0.4) is 0 Å². The molecule has 1 atom stereocenters. The number of carbonyl (C=O) groups is 1. The van der Waals surface area contributed by atoms with Gasteiger partial charge in [0.15, 0.2) is 0 Å². The minimum absolute atomic E-state index is 0.0292. The van der Waals surface area contributed by atoms with Gasteiger partial charge in [0.05, 0.1) is 0 Å². The predicted octanol–water partition coefficient (Wildman–Crippen LogP) is 5.24. The van der Waals surface area contributed by atoms with E-state index in [1.165, 1.54) is 12.1 Å². The molecule has 0 N–H and O–H groups in total. The minimum Gasteiger partial charge on any atom is -0.342 e. The number of carbonyl (C=O) groups excluding carboxylic acids is 1. The molecule has 0 radical (unpaired) electrons. The van der Waals surface area contributed by atoms with Crippen molar-refractivity contribution in [2.45, 2.75) is 52.5 Å². The average molecular weight is 474 g/mol. The third-order valence-electron chi connectivity index (χ3n) is 7.43. The zero-order valence-electron chi connectivity index (χ0n) is 20.5. The van der Waals surface area contributed by atoms with Gasteiger partial charge in [0.2, 0.25) is 5.91 Å². The summed E-state index contributed by atoms with van der Waals surface area (Å²) in [6.45, 7) is 6.11. The van der Waals surface area contributed by atoms with Crippen LogP contribution in [0.15, 0.2) is 53.3 Å². The van der Waals surface area contributed by atoms with Crippen molar-refractivity contribution in [2.75, 3.05) is 13.1 Å². The number of aromatic nitrogens is 2. The average Bonchev–Trinajstić information content (AvgIpc) is 3.61. The zero-order chi connectivity index (χ0) is 24.5. The summed E-state index contributed by atoms with van der Waals surface area (Å²) in [4.78, 5) is 32.7. The number of hydrogen-bond acceptors (Lipinski definition) is 3. The van der Waals surface area contributed by atoms with Crippen LogP contribution in [0.1, 0.15) is 43.9 Å². The number of halogens is 1. The maximum atomic E-state index is 13.4. The molecule has 0 unspecified atom stereocenters. The van der Waals surface area contributed by atoms with E-state index < -0.39 is 0 Å². The van der Waals surface area contributed by atoms with E-state index in [2.05, 4.69) is 0 Å². The van der Waals surface area contributed by atoms with E-state index >= 15 is 0 Å². The summed E-state index contributed by atoms with van der Waals surface area (Å²) in [5, 5.41) is 0. The lowest BCUT2D eigenvalue weighted by atomic mass is 10.0. The maximum Gasteiger partial charge on any atom is 0.257 e. The van der Waals surface area contributed by atoms with Gasteiger partial charge in [-0.05, 0) is 68.2 Å². The number of nitrogens with zero attached hydrogens (tertiary/aromatic N) is 3. The number of aryl methyl sites for hydroxylation is 1. The quantitative estimate of drug-likeness (QED) is 0.472. The number of amides is 1. The number of likely N-dealkylation sites (tertiary alicyclic amines) is 1. The van der Waals surface area contributed by atoms with Gasteiger partial charge in [0, 0.05) is 42.4 Å². The van der Waals surface area contributed by atoms with E-state index in [1.54, 1.807) is 12.1 Å². The van der Waals surface area contributed by atoms with Gasteiger partial charge >= 0.3 is 0 Å². The fourth-order valence-corrected chi connectivity index (χ4v) is 5.16. The van der Waals surface area contributed by atoms with Crippen LogP contribution in [-0.2, 0) is 17.8 Å². The summed E-state index contributed by atoms with van der Waals surface area (Å²) >= 11 is 0. The molecule has 1 amide bonds. The number of benzene rings is 2. The molecule has 2 fully saturated rings. The summed E-state index contributed by atoms with van der Waals surface area (Å²) in [7, 11) is 0. The molecule has 1 aromatic heterocycles. The summed E-state index contributed by atoms with van der Waals surface area (Å²) in [5.41, 5.74) is 4.36. The molecular weight excluding hydrogens is 441 g/mol. The molecule has 2 heterocycles. The molecular formula is C29H32FN3O2. The Morgan fingerprint density at radius 1 is 1.00 bits per heavy atom. The lowest BCUT2D eigenvalue weighted by Gasteiger charge is -2.19. The molecule has 0 bridgehead atoms. The van der Waals surface area contributed by atoms with Gasteiger partial charge in [-0.3, -0.25) is 14.2 Å². The van der Waals surface area contributed by atoms with Gasteiger partial charge in [0.25, 0.3) is 5.56 Å². The second-order valence-corrected chi connectivity index (χ2v) is 9.90. The minimum atomic E-state index is -0.257. The molecule has 5 nitrogen and oxygen atoms in total. The van der Waals surface area contributed by atoms with E-state index in [1.807, 2.05) is 47.6 Å². The highest BCUT2D eigenvalue weighted by molar-refractivity contribution is 5.81. The van der Waals surface area contributed by atoms with Crippen molar-refractivity contribution in [1.82, 2.24) is 14.5 Å². The van der Waals surface area contributed by atoms with E-state index in [4.69, 9.17) is 4.98 Å². The monoisotopic (exact) mass is 473 g/mol. The first-order valence-electron chi connectivity index (χ1n) is 12.7. The van der Waals surface area contributed by atoms with Crippen LogP contribution >= 0.6 is 0 Å². The molecule has 2 aliphatic rings. The Hall–Kier alpha value is -3.28. The van der Waals surface area contributed by atoms with E-state index in [9.17, 15) is 14.0 Å². The topological polar surface area (TPSA) is 55.2 Å². The Balaban J connectivity index is 1.39. The zero-order valence-corrected chi connectivity index (χ0v) is 20.5. The van der Waals surface area contributed by atoms with E-state index in [0.717, 1.165) is 66.7 Å².